The first-order valence-corrected chi connectivity index (χ1v) is 5.92. The molecule has 88 valence electrons. The van der Waals surface area contributed by atoms with Gasteiger partial charge in [0.05, 0.1) is 5.56 Å². The average Bonchev–Trinajstić information content (AvgIpc) is 2.42. The van der Waals surface area contributed by atoms with Crippen molar-refractivity contribution in [2.45, 2.75) is 33.6 Å². The summed E-state index contributed by atoms with van der Waals surface area (Å²) in [4.78, 5) is 23.4. The number of carbonyl (C=O) groups is 2. The van der Waals surface area contributed by atoms with Crippen molar-refractivity contribution in [3.8, 4) is 0 Å². The molecule has 0 bridgehead atoms. The molecule has 4 nitrogen and oxygen atoms in total. The highest BCUT2D eigenvalue weighted by Gasteiger charge is 2.19. The second-order valence-electron chi connectivity index (χ2n) is 3.59. The fourth-order valence-corrected chi connectivity index (χ4v) is 2.46. The van der Waals surface area contributed by atoms with Crippen LogP contribution in [0.1, 0.15) is 40.6 Å². The van der Waals surface area contributed by atoms with E-state index in [-0.39, 0.29) is 11.5 Å². The van der Waals surface area contributed by atoms with Gasteiger partial charge in [0.15, 0.2) is 0 Å². The number of anilines is 1. The van der Waals surface area contributed by atoms with Gasteiger partial charge < -0.3 is 10.4 Å². The zero-order valence-corrected chi connectivity index (χ0v) is 10.4. The van der Waals surface area contributed by atoms with E-state index in [2.05, 4.69) is 5.32 Å². The largest absolute Gasteiger partial charge is 0.478 e. The Morgan fingerprint density at radius 1 is 1.38 bits per heavy atom. The van der Waals surface area contributed by atoms with E-state index in [0.29, 0.717) is 11.4 Å². The molecule has 0 aromatic carbocycles. The van der Waals surface area contributed by atoms with Crippen molar-refractivity contribution in [3.05, 3.63) is 16.0 Å². The van der Waals surface area contributed by atoms with Crippen molar-refractivity contribution in [2.24, 2.45) is 0 Å². The molecule has 5 heteroatoms. The van der Waals surface area contributed by atoms with Crippen LogP contribution in [0.5, 0.6) is 0 Å². The lowest BCUT2D eigenvalue weighted by atomic mass is 10.1. The van der Waals surface area contributed by atoms with Crippen molar-refractivity contribution < 1.29 is 14.7 Å². The maximum absolute atomic E-state index is 11.4. The van der Waals surface area contributed by atoms with Gasteiger partial charge in [-0.25, -0.2) is 4.79 Å². The third kappa shape index (κ3) is 2.61. The summed E-state index contributed by atoms with van der Waals surface area (Å²) >= 11 is 1.31. The lowest BCUT2D eigenvalue weighted by Gasteiger charge is -2.03. The molecule has 0 radical (unpaired) electrons. The highest BCUT2D eigenvalue weighted by molar-refractivity contribution is 7.16. The predicted octanol–water partition coefficient (Wildman–Crippen LogP) is 2.80. The summed E-state index contributed by atoms with van der Waals surface area (Å²) in [7, 11) is 0. The Labute approximate surface area is 98.3 Å². The monoisotopic (exact) mass is 241 g/mol. The van der Waals surface area contributed by atoms with E-state index in [4.69, 9.17) is 5.11 Å². The predicted molar refractivity (Wildman–Crippen MR) is 64.3 cm³/mol. The number of hydrogen-bond acceptors (Lipinski definition) is 3. The topological polar surface area (TPSA) is 66.4 Å². The molecule has 16 heavy (non-hydrogen) atoms. The molecule has 1 amide bonds. The van der Waals surface area contributed by atoms with E-state index in [0.717, 1.165) is 16.9 Å². The van der Waals surface area contributed by atoms with Gasteiger partial charge in [-0.15, -0.1) is 11.3 Å². The summed E-state index contributed by atoms with van der Waals surface area (Å²) in [6.07, 6.45) is 1.16. The minimum Gasteiger partial charge on any atom is -0.478 e. The van der Waals surface area contributed by atoms with Gasteiger partial charge in [0.2, 0.25) is 5.91 Å². The summed E-state index contributed by atoms with van der Waals surface area (Å²) in [5.41, 5.74) is 0.941. The molecule has 0 aliphatic carbocycles. The number of thiophene rings is 1. The molecule has 0 saturated heterocycles. The second kappa shape index (κ2) is 5.12. The Morgan fingerprint density at radius 2 is 2.00 bits per heavy atom. The van der Waals surface area contributed by atoms with Crippen LogP contribution in [0.4, 0.5) is 5.00 Å². The van der Waals surface area contributed by atoms with E-state index in [9.17, 15) is 9.59 Å². The summed E-state index contributed by atoms with van der Waals surface area (Å²) in [6.45, 7) is 5.51. The molecule has 1 aromatic rings. The standard InChI is InChI=1S/C11H15NO3S/c1-4-5-8(13)12-10-9(11(14)15)6(2)7(3)16-10/h4-5H2,1-3H3,(H,12,13)(H,14,15). The Balaban J connectivity index is 3.00. The highest BCUT2D eigenvalue weighted by atomic mass is 32.1. The van der Waals surface area contributed by atoms with Crippen LogP contribution in [0, 0.1) is 13.8 Å². The molecule has 1 heterocycles. The first-order valence-electron chi connectivity index (χ1n) is 5.10. The molecule has 0 fully saturated rings. The molecule has 0 aliphatic rings. The van der Waals surface area contributed by atoms with Crippen LogP contribution in [-0.2, 0) is 4.79 Å². The van der Waals surface area contributed by atoms with Gasteiger partial charge in [0.1, 0.15) is 5.00 Å². The third-order valence-corrected chi connectivity index (χ3v) is 3.45. The van der Waals surface area contributed by atoms with Gasteiger partial charge in [-0.3, -0.25) is 4.79 Å². The summed E-state index contributed by atoms with van der Waals surface area (Å²) in [6, 6.07) is 0. The van der Waals surface area contributed by atoms with Gasteiger partial charge in [0, 0.05) is 11.3 Å². The minimum absolute atomic E-state index is 0.133. The molecule has 0 spiro atoms. The Hall–Kier alpha value is -1.36. The van der Waals surface area contributed by atoms with Crippen LogP contribution in [0.15, 0.2) is 0 Å². The number of carboxylic acids is 1. The number of hydrogen-bond donors (Lipinski definition) is 2. The molecule has 1 aromatic heterocycles. The Kier molecular flexibility index (Phi) is 4.06. The summed E-state index contributed by atoms with van der Waals surface area (Å²) < 4.78 is 0. The lowest BCUT2D eigenvalue weighted by Crippen LogP contribution is -2.12. The van der Waals surface area contributed by atoms with Crippen LogP contribution >= 0.6 is 11.3 Å². The number of aromatic carboxylic acids is 1. The molecule has 0 unspecified atom stereocenters. The normalized spacial score (nSPS) is 10.2. The third-order valence-electron chi connectivity index (χ3n) is 2.33. The van der Waals surface area contributed by atoms with Crippen LogP contribution in [0.3, 0.4) is 0 Å². The van der Waals surface area contributed by atoms with Gasteiger partial charge in [0.25, 0.3) is 0 Å². The molecular formula is C11H15NO3S. The van der Waals surface area contributed by atoms with Crippen molar-refractivity contribution >= 4 is 28.2 Å². The van der Waals surface area contributed by atoms with Crippen molar-refractivity contribution in [2.75, 3.05) is 5.32 Å². The minimum atomic E-state index is -0.992. The number of amides is 1. The van der Waals surface area contributed by atoms with Crippen LogP contribution < -0.4 is 5.32 Å². The van der Waals surface area contributed by atoms with Gasteiger partial charge in [-0.2, -0.15) is 0 Å². The Morgan fingerprint density at radius 3 is 2.50 bits per heavy atom. The van der Waals surface area contributed by atoms with Crippen molar-refractivity contribution in [1.29, 1.82) is 0 Å². The molecule has 1 rings (SSSR count). The fraction of sp³-hybridized carbons (Fsp3) is 0.455. The maximum Gasteiger partial charge on any atom is 0.338 e. The van der Waals surface area contributed by atoms with Crippen molar-refractivity contribution in [1.82, 2.24) is 0 Å². The lowest BCUT2D eigenvalue weighted by molar-refractivity contribution is -0.116. The smallest absolute Gasteiger partial charge is 0.338 e. The number of aryl methyl sites for hydroxylation is 1. The number of nitrogens with one attached hydrogen (secondary N) is 1. The molecule has 0 aliphatic heterocycles. The average molecular weight is 241 g/mol. The van der Waals surface area contributed by atoms with Gasteiger partial charge >= 0.3 is 5.97 Å². The fourth-order valence-electron chi connectivity index (χ4n) is 1.39. The van der Waals surface area contributed by atoms with Gasteiger partial charge in [-0.1, -0.05) is 6.92 Å². The molecular weight excluding hydrogens is 226 g/mol. The van der Waals surface area contributed by atoms with Gasteiger partial charge in [-0.05, 0) is 25.8 Å². The van der Waals surface area contributed by atoms with E-state index < -0.39 is 5.97 Å². The van der Waals surface area contributed by atoms with Crippen LogP contribution in [0.2, 0.25) is 0 Å². The zero-order valence-electron chi connectivity index (χ0n) is 9.59. The molecule has 2 N–H and O–H groups in total. The Bertz CT molecular complexity index is 423. The first kappa shape index (κ1) is 12.7. The van der Waals surface area contributed by atoms with Crippen LogP contribution in [-0.4, -0.2) is 17.0 Å². The first-order chi connectivity index (χ1) is 7.47. The molecule has 0 saturated carbocycles. The number of carbonyl (C=O) groups excluding carboxylic acids is 1. The quantitative estimate of drug-likeness (QED) is 0.851. The molecule has 0 atom stereocenters. The summed E-state index contributed by atoms with van der Waals surface area (Å²) in [5.74, 6) is -1.13. The van der Waals surface area contributed by atoms with Crippen LogP contribution in [0.25, 0.3) is 0 Å². The second-order valence-corrected chi connectivity index (χ2v) is 4.82. The number of rotatable bonds is 4. The zero-order chi connectivity index (χ0) is 12.3. The van der Waals surface area contributed by atoms with E-state index in [1.807, 2.05) is 13.8 Å². The van der Waals surface area contributed by atoms with Crippen molar-refractivity contribution in [3.63, 3.8) is 0 Å². The van der Waals surface area contributed by atoms with E-state index in [1.54, 1.807) is 6.92 Å². The number of carboxylic acid groups (broad SMARTS) is 1. The maximum atomic E-state index is 11.4. The summed E-state index contributed by atoms with van der Waals surface area (Å²) in [5, 5.41) is 12.2. The van der Waals surface area contributed by atoms with E-state index >= 15 is 0 Å². The highest BCUT2D eigenvalue weighted by Crippen LogP contribution is 2.32. The SMILES string of the molecule is CCCC(=O)Nc1sc(C)c(C)c1C(=O)O. The van der Waals surface area contributed by atoms with E-state index in [1.165, 1.54) is 11.3 Å².